The van der Waals surface area contributed by atoms with Crippen LogP contribution in [0.25, 0.3) is 0 Å². The molecule has 0 aromatic heterocycles. The van der Waals surface area contributed by atoms with Crippen LogP contribution in [0.5, 0.6) is 0 Å². The van der Waals surface area contributed by atoms with Gasteiger partial charge in [0.1, 0.15) is 6.04 Å². The van der Waals surface area contributed by atoms with E-state index < -0.39 is 17.9 Å². The van der Waals surface area contributed by atoms with E-state index in [1.165, 1.54) is 4.90 Å². The van der Waals surface area contributed by atoms with Crippen LogP contribution in [0.3, 0.4) is 0 Å². The number of hydrogen-bond acceptors (Lipinski definition) is 3. The molecule has 2 N–H and O–H groups in total. The molecule has 1 aliphatic rings. The molecule has 3 rings (SSSR count). The number of fused-ring (bicyclic) bond motifs is 1. The molecule has 1 aliphatic heterocycles. The van der Waals surface area contributed by atoms with E-state index in [4.69, 9.17) is 0 Å². The molecule has 0 aliphatic carbocycles. The Bertz CT molecular complexity index is 814. The van der Waals surface area contributed by atoms with E-state index in [0.29, 0.717) is 17.7 Å². The zero-order chi connectivity index (χ0) is 19.4. The van der Waals surface area contributed by atoms with E-state index in [-0.39, 0.29) is 12.3 Å². The molecule has 0 saturated carbocycles. The van der Waals surface area contributed by atoms with Crippen molar-refractivity contribution in [2.45, 2.75) is 12.5 Å². The lowest BCUT2D eigenvalue weighted by atomic mass is 10.0. The fraction of sp³-hybridized carbons (Fsp3) is 0.286. The highest BCUT2D eigenvalue weighted by Gasteiger charge is 2.42. The smallest absolute Gasteiger partial charge is 0.262 e. The van der Waals surface area contributed by atoms with Gasteiger partial charge in [-0.05, 0) is 17.7 Å². The summed E-state index contributed by atoms with van der Waals surface area (Å²) in [7, 11) is 4.00. The maximum Gasteiger partial charge on any atom is 0.262 e. The Kier molecular flexibility index (Phi) is 5.66. The van der Waals surface area contributed by atoms with Crippen LogP contribution < -0.4 is 10.2 Å². The van der Waals surface area contributed by atoms with E-state index in [1.54, 1.807) is 24.3 Å². The first-order valence-electron chi connectivity index (χ1n) is 9.06. The largest absolute Gasteiger partial charge is 0.349 e. The van der Waals surface area contributed by atoms with Crippen molar-refractivity contribution in [3.8, 4) is 0 Å². The van der Waals surface area contributed by atoms with Gasteiger partial charge in [0.15, 0.2) is 0 Å². The third-order valence-electron chi connectivity index (χ3n) is 4.64. The summed E-state index contributed by atoms with van der Waals surface area (Å²) >= 11 is 0. The molecule has 2 aromatic carbocycles. The van der Waals surface area contributed by atoms with Gasteiger partial charge in [-0.2, -0.15) is 0 Å². The van der Waals surface area contributed by atoms with Crippen LogP contribution in [0.1, 0.15) is 26.3 Å². The zero-order valence-corrected chi connectivity index (χ0v) is 15.6. The molecule has 140 valence electrons. The fourth-order valence-electron chi connectivity index (χ4n) is 3.18. The van der Waals surface area contributed by atoms with Gasteiger partial charge in [-0.15, -0.1) is 0 Å². The number of nitrogens with one attached hydrogen (secondary N) is 2. The SMILES string of the molecule is C[NH+](C)CCNC(=O)[C@@H](Cc1ccccc1)N1C(=O)c2ccccc2C1=O. The number of rotatable bonds is 7. The second-order valence-electron chi connectivity index (χ2n) is 6.98. The predicted molar refractivity (Wildman–Crippen MR) is 102 cm³/mol. The lowest BCUT2D eigenvalue weighted by molar-refractivity contribution is -0.856. The van der Waals surface area contributed by atoms with Crippen molar-refractivity contribution >= 4 is 17.7 Å². The number of likely N-dealkylation sites (N-methyl/N-ethyl adjacent to an activating group) is 1. The zero-order valence-electron chi connectivity index (χ0n) is 15.6. The molecule has 6 nitrogen and oxygen atoms in total. The van der Waals surface area contributed by atoms with Crippen LogP contribution in [0, 0.1) is 0 Å². The molecule has 6 heteroatoms. The minimum absolute atomic E-state index is 0.285. The molecular formula is C21H24N3O3+. The van der Waals surface area contributed by atoms with Gasteiger partial charge in [0.25, 0.3) is 11.8 Å². The van der Waals surface area contributed by atoms with Crippen molar-refractivity contribution in [2.24, 2.45) is 0 Å². The lowest BCUT2D eigenvalue weighted by Gasteiger charge is -2.25. The normalized spacial score (nSPS) is 14.4. The quantitative estimate of drug-likeness (QED) is 0.686. The second kappa shape index (κ2) is 8.14. The Morgan fingerprint density at radius 1 is 0.963 bits per heavy atom. The average molecular weight is 366 g/mol. The third kappa shape index (κ3) is 4.06. The van der Waals surface area contributed by atoms with Crippen molar-refractivity contribution in [1.82, 2.24) is 10.2 Å². The first kappa shape index (κ1) is 18.8. The Morgan fingerprint density at radius 3 is 2.07 bits per heavy atom. The summed E-state index contributed by atoms with van der Waals surface area (Å²) in [5.41, 5.74) is 1.60. The molecule has 1 heterocycles. The number of hydrogen-bond donors (Lipinski definition) is 2. The predicted octanol–water partition coefficient (Wildman–Crippen LogP) is 0.155. The number of carbonyl (C=O) groups excluding carboxylic acids is 3. The molecule has 0 saturated heterocycles. The standard InChI is InChI=1S/C21H23N3O3/c1-23(2)13-12-22-19(25)18(14-15-8-4-3-5-9-15)24-20(26)16-10-6-7-11-17(16)21(24)27/h3-11,18H,12-14H2,1-2H3,(H,22,25)/p+1/t18-/m1/s1. The molecule has 0 fully saturated rings. The lowest BCUT2D eigenvalue weighted by Crippen LogP contribution is -3.06. The van der Waals surface area contributed by atoms with Crippen molar-refractivity contribution in [1.29, 1.82) is 0 Å². The van der Waals surface area contributed by atoms with Crippen molar-refractivity contribution in [3.63, 3.8) is 0 Å². The monoisotopic (exact) mass is 366 g/mol. The van der Waals surface area contributed by atoms with Crippen LogP contribution in [0.15, 0.2) is 54.6 Å². The topological polar surface area (TPSA) is 70.9 Å². The number of amides is 3. The van der Waals surface area contributed by atoms with Crippen LogP contribution in [0.2, 0.25) is 0 Å². The van der Waals surface area contributed by atoms with Crippen LogP contribution in [0.4, 0.5) is 0 Å². The highest BCUT2D eigenvalue weighted by atomic mass is 16.2. The average Bonchev–Trinajstić information content (AvgIpc) is 2.91. The molecule has 0 bridgehead atoms. The number of nitrogens with zero attached hydrogens (tertiary/aromatic N) is 1. The third-order valence-corrected chi connectivity index (χ3v) is 4.64. The Labute approximate surface area is 158 Å². The Morgan fingerprint density at radius 2 is 1.52 bits per heavy atom. The molecular weight excluding hydrogens is 342 g/mol. The van der Waals surface area contributed by atoms with Crippen LogP contribution in [-0.4, -0.2) is 55.8 Å². The molecule has 0 spiro atoms. The number of benzene rings is 2. The van der Waals surface area contributed by atoms with Gasteiger partial charge in [-0.3, -0.25) is 19.3 Å². The highest BCUT2D eigenvalue weighted by molar-refractivity contribution is 6.22. The molecule has 3 amide bonds. The Balaban J connectivity index is 1.87. The minimum Gasteiger partial charge on any atom is -0.349 e. The maximum absolute atomic E-state index is 12.9. The number of carbonyl (C=O) groups is 3. The summed E-state index contributed by atoms with van der Waals surface area (Å²) in [6.07, 6.45) is 0.285. The van der Waals surface area contributed by atoms with Gasteiger partial charge in [0.05, 0.1) is 38.3 Å². The summed E-state index contributed by atoms with van der Waals surface area (Å²) in [6.45, 7) is 1.24. The maximum atomic E-state index is 12.9. The van der Waals surface area contributed by atoms with E-state index in [0.717, 1.165) is 17.0 Å². The molecule has 27 heavy (non-hydrogen) atoms. The van der Waals surface area contributed by atoms with Crippen molar-refractivity contribution < 1.29 is 19.3 Å². The van der Waals surface area contributed by atoms with Crippen LogP contribution in [-0.2, 0) is 11.2 Å². The molecule has 2 aromatic rings. The summed E-state index contributed by atoms with van der Waals surface area (Å²) in [5.74, 6) is -1.13. The van der Waals surface area contributed by atoms with Gasteiger partial charge >= 0.3 is 0 Å². The van der Waals surface area contributed by atoms with E-state index >= 15 is 0 Å². The summed E-state index contributed by atoms with van der Waals surface area (Å²) in [6, 6.07) is 15.2. The first-order chi connectivity index (χ1) is 13.0. The van der Waals surface area contributed by atoms with Gasteiger partial charge in [0, 0.05) is 6.42 Å². The first-order valence-corrected chi connectivity index (χ1v) is 9.06. The Hall–Kier alpha value is -2.99. The number of imide groups is 1. The fourth-order valence-corrected chi connectivity index (χ4v) is 3.18. The van der Waals surface area contributed by atoms with Crippen LogP contribution >= 0.6 is 0 Å². The summed E-state index contributed by atoms with van der Waals surface area (Å²) < 4.78 is 0. The summed E-state index contributed by atoms with van der Waals surface area (Å²) in [4.78, 5) is 40.9. The van der Waals surface area contributed by atoms with Gasteiger partial charge in [0.2, 0.25) is 5.91 Å². The highest BCUT2D eigenvalue weighted by Crippen LogP contribution is 2.26. The molecule has 0 unspecified atom stereocenters. The van der Waals surface area contributed by atoms with E-state index in [9.17, 15) is 14.4 Å². The second-order valence-corrected chi connectivity index (χ2v) is 6.98. The van der Waals surface area contributed by atoms with Crippen molar-refractivity contribution in [2.75, 3.05) is 27.2 Å². The van der Waals surface area contributed by atoms with E-state index in [1.807, 2.05) is 44.4 Å². The molecule has 0 radical (unpaired) electrons. The van der Waals surface area contributed by atoms with Gasteiger partial charge in [-0.25, -0.2) is 0 Å². The van der Waals surface area contributed by atoms with Gasteiger partial charge in [-0.1, -0.05) is 42.5 Å². The minimum atomic E-state index is -0.878. The number of quaternary nitrogens is 1. The summed E-state index contributed by atoms with van der Waals surface area (Å²) in [5, 5.41) is 2.87. The van der Waals surface area contributed by atoms with Gasteiger partial charge < -0.3 is 10.2 Å². The molecule has 1 atom stereocenters. The van der Waals surface area contributed by atoms with E-state index in [2.05, 4.69) is 5.32 Å². The van der Waals surface area contributed by atoms with Crippen molar-refractivity contribution in [3.05, 3.63) is 71.3 Å².